The molecule has 1 rings (SSSR count). The van der Waals surface area contributed by atoms with E-state index in [9.17, 15) is 4.21 Å². The summed E-state index contributed by atoms with van der Waals surface area (Å²) >= 11 is 0. The molecule has 0 aliphatic carbocycles. The molecular weight excluding hydrogens is 220 g/mol. The van der Waals surface area contributed by atoms with Crippen LogP contribution in [0.4, 0.5) is 0 Å². The lowest BCUT2D eigenvalue weighted by Crippen LogP contribution is -2.48. The molecule has 1 N–H and O–H groups in total. The van der Waals surface area contributed by atoms with Gasteiger partial charge in [-0.2, -0.15) is 0 Å². The van der Waals surface area contributed by atoms with Crippen LogP contribution in [0.2, 0.25) is 0 Å². The van der Waals surface area contributed by atoms with Crippen molar-refractivity contribution in [2.45, 2.75) is 45.2 Å². The summed E-state index contributed by atoms with van der Waals surface area (Å²) in [6.07, 6.45) is 4.04. The van der Waals surface area contributed by atoms with Gasteiger partial charge in [-0.3, -0.25) is 9.11 Å². The van der Waals surface area contributed by atoms with Crippen LogP contribution >= 0.6 is 0 Å². The molecule has 0 spiro atoms. The van der Waals surface area contributed by atoms with Gasteiger partial charge >= 0.3 is 0 Å². The van der Waals surface area contributed by atoms with E-state index in [0.717, 1.165) is 31.8 Å². The van der Waals surface area contributed by atoms with Crippen molar-refractivity contribution in [3.05, 3.63) is 0 Å². The Morgan fingerprint density at radius 2 is 2.19 bits per heavy atom. The Hall–Kier alpha value is 0.0700. The van der Waals surface area contributed by atoms with E-state index >= 15 is 0 Å². The van der Waals surface area contributed by atoms with Gasteiger partial charge in [0.1, 0.15) is 0 Å². The molecule has 16 heavy (non-hydrogen) atoms. The van der Waals surface area contributed by atoms with Crippen LogP contribution in [-0.4, -0.2) is 52.3 Å². The second kappa shape index (κ2) is 6.12. The van der Waals surface area contributed by atoms with Gasteiger partial charge in [-0.15, -0.1) is 0 Å². The quantitative estimate of drug-likeness (QED) is 0.809. The third-order valence-electron chi connectivity index (χ3n) is 3.27. The molecule has 0 aromatic rings. The second-order valence-electron chi connectivity index (χ2n) is 5.55. The van der Waals surface area contributed by atoms with Gasteiger partial charge in [0.15, 0.2) is 0 Å². The first kappa shape index (κ1) is 14.1. The minimum atomic E-state index is -0.656. The largest absolute Gasteiger partial charge is 0.310 e. The molecule has 1 heterocycles. The fourth-order valence-corrected chi connectivity index (χ4v) is 2.92. The molecule has 1 saturated heterocycles. The van der Waals surface area contributed by atoms with Crippen molar-refractivity contribution in [3.8, 4) is 0 Å². The molecule has 4 heteroatoms. The zero-order valence-corrected chi connectivity index (χ0v) is 11.9. The maximum atomic E-state index is 11.1. The van der Waals surface area contributed by atoms with Gasteiger partial charge in [-0.05, 0) is 46.7 Å². The van der Waals surface area contributed by atoms with E-state index in [4.69, 9.17) is 0 Å². The Balaban J connectivity index is 2.46. The van der Waals surface area contributed by atoms with E-state index in [2.05, 4.69) is 31.0 Å². The fraction of sp³-hybridized carbons (Fsp3) is 1.00. The van der Waals surface area contributed by atoms with Crippen molar-refractivity contribution >= 4 is 10.8 Å². The van der Waals surface area contributed by atoms with Gasteiger partial charge in [0.25, 0.3) is 0 Å². The highest BCUT2D eigenvalue weighted by atomic mass is 32.2. The van der Waals surface area contributed by atoms with E-state index in [1.807, 2.05) is 0 Å². The summed E-state index contributed by atoms with van der Waals surface area (Å²) in [7, 11) is -0.656. The second-order valence-corrected chi connectivity index (χ2v) is 7.10. The van der Waals surface area contributed by atoms with E-state index in [-0.39, 0.29) is 5.54 Å². The van der Waals surface area contributed by atoms with Crippen LogP contribution in [0.1, 0.15) is 33.6 Å². The highest BCUT2D eigenvalue weighted by molar-refractivity contribution is 7.84. The van der Waals surface area contributed by atoms with Crippen LogP contribution in [0.3, 0.4) is 0 Å². The van der Waals surface area contributed by atoms with Crippen LogP contribution in [-0.2, 0) is 10.8 Å². The molecule has 0 aromatic heterocycles. The van der Waals surface area contributed by atoms with E-state index in [0.29, 0.717) is 6.04 Å². The molecule has 0 saturated carbocycles. The van der Waals surface area contributed by atoms with Gasteiger partial charge < -0.3 is 5.32 Å². The molecule has 1 aliphatic heterocycles. The number of nitrogens with one attached hydrogen (secondary N) is 1. The third-order valence-corrected chi connectivity index (χ3v) is 4.08. The molecule has 0 bridgehead atoms. The molecule has 2 atom stereocenters. The zero-order valence-electron chi connectivity index (χ0n) is 11.1. The van der Waals surface area contributed by atoms with E-state index in [1.165, 1.54) is 6.42 Å². The molecular formula is C12H26N2OS. The molecule has 0 radical (unpaired) electrons. The molecule has 0 aromatic carbocycles. The van der Waals surface area contributed by atoms with Crippen LogP contribution in [0.25, 0.3) is 0 Å². The Bertz CT molecular complexity index is 243. The maximum absolute atomic E-state index is 11.1. The van der Waals surface area contributed by atoms with E-state index in [1.54, 1.807) is 6.26 Å². The average Bonchev–Trinajstić information content (AvgIpc) is 2.35. The van der Waals surface area contributed by atoms with Gasteiger partial charge in [0.2, 0.25) is 0 Å². The summed E-state index contributed by atoms with van der Waals surface area (Å²) in [6.45, 7) is 10.1. The number of hydrogen-bond donors (Lipinski definition) is 1. The monoisotopic (exact) mass is 246 g/mol. The van der Waals surface area contributed by atoms with Crippen molar-refractivity contribution in [2.75, 3.05) is 31.6 Å². The average molecular weight is 246 g/mol. The molecule has 3 nitrogen and oxygen atoms in total. The smallest absolute Gasteiger partial charge is 0.0252 e. The molecule has 2 unspecified atom stereocenters. The maximum Gasteiger partial charge on any atom is 0.0252 e. The standard InChI is InChI=1S/C12H26N2OS/c1-11(6-9-16(4)15)14-8-5-7-13-12(2,3)10-14/h11,13H,5-10H2,1-4H3. The highest BCUT2D eigenvalue weighted by Gasteiger charge is 2.26. The van der Waals surface area contributed by atoms with Crippen molar-refractivity contribution in [3.63, 3.8) is 0 Å². The minimum absolute atomic E-state index is 0.204. The van der Waals surface area contributed by atoms with E-state index < -0.39 is 10.8 Å². The fourth-order valence-electron chi connectivity index (χ4n) is 2.25. The predicted octanol–water partition coefficient (Wildman–Crippen LogP) is 1.22. The first-order valence-corrected chi connectivity index (χ1v) is 7.92. The van der Waals surface area contributed by atoms with Gasteiger partial charge in [-0.25, -0.2) is 0 Å². The number of rotatable bonds is 4. The normalized spacial score (nSPS) is 26.0. The van der Waals surface area contributed by atoms with Crippen LogP contribution in [0, 0.1) is 0 Å². The molecule has 0 amide bonds. The molecule has 1 aliphatic rings. The summed E-state index contributed by atoms with van der Waals surface area (Å²) in [4.78, 5) is 2.53. The summed E-state index contributed by atoms with van der Waals surface area (Å²) in [5.74, 6) is 0.825. The zero-order chi connectivity index (χ0) is 12.2. The summed E-state index contributed by atoms with van der Waals surface area (Å²) in [5, 5.41) is 3.57. The topological polar surface area (TPSA) is 32.3 Å². The Labute approximate surface area is 102 Å². The summed E-state index contributed by atoms with van der Waals surface area (Å²) in [6, 6.07) is 0.545. The lowest BCUT2D eigenvalue weighted by Gasteiger charge is -2.34. The molecule has 96 valence electrons. The summed E-state index contributed by atoms with van der Waals surface area (Å²) in [5.41, 5.74) is 0.204. The Morgan fingerprint density at radius 3 is 2.81 bits per heavy atom. The van der Waals surface area contributed by atoms with Crippen LogP contribution in [0.15, 0.2) is 0 Å². The SMILES string of the molecule is CC(CCS(C)=O)N1CCCNC(C)(C)C1. The number of nitrogens with zero attached hydrogens (tertiary/aromatic N) is 1. The van der Waals surface area contributed by atoms with Crippen molar-refractivity contribution in [2.24, 2.45) is 0 Å². The van der Waals surface area contributed by atoms with Crippen LogP contribution < -0.4 is 5.32 Å². The summed E-state index contributed by atoms with van der Waals surface area (Å²) < 4.78 is 11.1. The predicted molar refractivity (Wildman–Crippen MR) is 71.3 cm³/mol. The minimum Gasteiger partial charge on any atom is -0.310 e. The van der Waals surface area contributed by atoms with Gasteiger partial charge in [-0.1, -0.05) is 0 Å². The lowest BCUT2D eigenvalue weighted by molar-refractivity contribution is 0.176. The third kappa shape index (κ3) is 4.93. The first-order chi connectivity index (χ1) is 7.41. The van der Waals surface area contributed by atoms with Gasteiger partial charge in [0, 0.05) is 40.9 Å². The van der Waals surface area contributed by atoms with Crippen molar-refractivity contribution in [1.29, 1.82) is 0 Å². The van der Waals surface area contributed by atoms with Crippen molar-refractivity contribution < 1.29 is 4.21 Å². The van der Waals surface area contributed by atoms with Crippen molar-refractivity contribution in [1.82, 2.24) is 10.2 Å². The Kier molecular flexibility index (Phi) is 5.41. The van der Waals surface area contributed by atoms with Crippen LogP contribution in [0.5, 0.6) is 0 Å². The lowest BCUT2D eigenvalue weighted by atomic mass is 10.0. The van der Waals surface area contributed by atoms with Gasteiger partial charge in [0.05, 0.1) is 0 Å². The number of hydrogen-bond acceptors (Lipinski definition) is 3. The molecule has 1 fully saturated rings. The Morgan fingerprint density at radius 1 is 1.50 bits per heavy atom. The highest BCUT2D eigenvalue weighted by Crippen LogP contribution is 2.14. The first-order valence-electron chi connectivity index (χ1n) is 6.20.